The summed E-state index contributed by atoms with van der Waals surface area (Å²) in [6.45, 7) is 0.941. The van der Waals surface area contributed by atoms with Crippen molar-refractivity contribution in [3.05, 3.63) is 48.4 Å². The Morgan fingerprint density at radius 1 is 1.25 bits per heavy atom. The fourth-order valence-electron chi connectivity index (χ4n) is 3.02. The van der Waals surface area contributed by atoms with Crippen LogP contribution in [0.3, 0.4) is 0 Å². The quantitative estimate of drug-likeness (QED) is 0.918. The Hall–Kier alpha value is -2.12. The van der Waals surface area contributed by atoms with E-state index in [2.05, 4.69) is 4.72 Å². The normalized spacial score (nSPS) is 18.5. The fourth-order valence-corrected chi connectivity index (χ4v) is 3.82. The topological polar surface area (TPSA) is 79.6 Å². The summed E-state index contributed by atoms with van der Waals surface area (Å²) in [5.74, 6) is 0.0834. The van der Waals surface area contributed by atoms with Gasteiger partial charge in [-0.1, -0.05) is 30.3 Å². The second-order valence-electron chi connectivity index (χ2n) is 6.01. The molecule has 1 aliphatic heterocycles. The van der Waals surface area contributed by atoms with Crippen molar-refractivity contribution in [2.75, 3.05) is 19.3 Å². The molecule has 1 aromatic carbocycles. The number of likely N-dealkylation sites (tertiary alicyclic amines) is 1. The van der Waals surface area contributed by atoms with Crippen LogP contribution in [0.5, 0.6) is 0 Å². The molecule has 1 aromatic heterocycles. The molecule has 128 valence electrons. The molecule has 1 amide bonds. The smallest absolute Gasteiger partial charge is 0.290 e. The average Bonchev–Trinajstić information content (AvgIpc) is 3.03. The number of benzene rings is 1. The lowest BCUT2D eigenvalue weighted by Crippen LogP contribution is -2.49. The van der Waals surface area contributed by atoms with Gasteiger partial charge in [-0.05, 0) is 24.5 Å². The second-order valence-corrected chi connectivity index (χ2v) is 7.79. The standard InChI is InChI=1S/C17H20N2O4S/c1-24(21,22)18-14-8-5-10-19(12-14)17(20)16-15(9-11-23-16)13-6-3-2-4-7-13/h2-4,6-7,9,11,14,18H,5,8,10,12H2,1H3/t14-/m0/s1. The average molecular weight is 348 g/mol. The van der Waals surface area contributed by atoms with E-state index < -0.39 is 10.0 Å². The summed E-state index contributed by atoms with van der Waals surface area (Å²) in [6.07, 6.45) is 4.11. The number of amides is 1. The molecule has 1 aliphatic rings. The second kappa shape index (κ2) is 6.78. The van der Waals surface area contributed by atoms with E-state index in [1.165, 1.54) is 6.26 Å². The van der Waals surface area contributed by atoms with Gasteiger partial charge >= 0.3 is 0 Å². The number of rotatable bonds is 4. The van der Waals surface area contributed by atoms with Crippen LogP contribution in [0.4, 0.5) is 0 Å². The van der Waals surface area contributed by atoms with E-state index in [0.717, 1.165) is 30.2 Å². The van der Waals surface area contributed by atoms with Crippen molar-refractivity contribution in [2.45, 2.75) is 18.9 Å². The van der Waals surface area contributed by atoms with Crippen LogP contribution in [0.1, 0.15) is 23.4 Å². The molecule has 2 aromatic rings. The van der Waals surface area contributed by atoms with Gasteiger partial charge in [-0.3, -0.25) is 4.79 Å². The van der Waals surface area contributed by atoms with Crippen LogP contribution in [0.25, 0.3) is 11.1 Å². The summed E-state index contributed by atoms with van der Waals surface area (Å²) >= 11 is 0. The van der Waals surface area contributed by atoms with Gasteiger partial charge in [0.1, 0.15) is 0 Å². The Bertz CT molecular complexity index is 814. The molecule has 0 saturated carbocycles. The summed E-state index contributed by atoms with van der Waals surface area (Å²) < 4.78 is 30.8. The van der Waals surface area contributed by atoms with Gasteiger partial charge in [-0.2, -0.15) is 0 Å². The van der Waals surface area contributed by atoms with Gasteiger partial charge in [-0.15, -0.1) is 0 Å². The van der Waals surface area contributed by atoms with E-state index in [4.69, 9.17) is 4.42 Å². The number of sulfonamides is 1. The Balaban J connectivity index is 1.79. The van der Waals surface area contributed by atoms with Gasteiger partial charge in [0, 0.05) is 24.7 Å². The maximum atomic E-state index is 12.8. The molecule has 0 aliphatic carbocycles. The highest BCUT2D eigenvalue weighted by molar-refractivity contribution is 7.88. The third-order valence-corrected chi connectivity index (χ3v) is 4.80. The van der Waals surface area contributed by atoms with Crippen LogP contribution >= 0.6 is 0 Å². The molecule has 7 heteroatoms. The molecule has 1 saturated heterocycles. The highest BCUT2D eigenvalue weighted by Crippen LogP contribution is 2.26. The monoisotopic (exact) mass is 348 g/mol. The predicted molar refractivity (Wildman–Crippen MR) is 91.0 cm³/mol. The summed E-state index contributed by atoms with van der Waals surface area (Å²) in [7, 11) is -3.29. The van der Waals surface area contributed by atoms with Crippen LogP contribution in [0.15, 0.2) is 47.1 Å². The third kappa shape index (κ3) is 3.85. The minimum atomic E-state index is -3.29. The van der Waals surface area contributed by atoms with E-state index in [9.17, 15) is 13.2 Å². The number of carbonyl (C=O) groups excluding carboxylic acids is 1. The first-order valence-electron chi connectivity index (χ1n) is 7.83. The summed E-state index contributed by atoms with van der Waals surface area (Å²) in [5.41, 5.74) is 1.66. The largest absolute Gasteiger partial charge is 0.459 e. The van der Waals surface area contributed by atoms with Crippen molar-refractivity contribution in [2.24, 2.45) is 0 Å². The van der Waals surface area contributed by atoms with Crippen LogP contribution in [0, 0.1) is 0 Å². The highest BCUT2D eigenvalue weighted by Gasteiger charge is 2.29. The van der Waals surface area contributed by atoms with Crippen molar-refractivity contribution in [1.29, 1.82) is 0 Å². The van der Waals surface area contributed by atoms with Gasteiger partial charge in [-0.25, -0.2) is 13.1 Å². The van der Waals surface area contributed by atoms with Crippen molar-refractivity contribution in [3.63, 3.8) is 0 Å². The van der Waals surface area contributed by atoms with E-state index in [1.807, 2.05) is 30.3 Å². The van der Waals surface area contributed by atoms with Gasteiger partial charge < -0.3 is 9.32 Å². The van der Waals surface area contributed by atoms with Crippen molar-refractivity contribution < 1.29 is 17.6 Å². The van der Waals surface area contributed by atoms with E-state index in [1.54, 1.807) is 11.0 Å². The lowest BCUT2D eigenvalue weighted by Gasteiger charge is -2.32. The molecule has 0 bridgehead atoms. The zero-order chi connectivity index (χ0) is 17.2. The number of hydrogen-bond donors (Lipinski definition) is 1. The number of nitrogens with zero attached hydrogens (tertiary/aromatic N) is 1. The summed E-state index contributed by atoms with van der Waals surface area (Å²) in [5, 5.41) is 0. The lowest BCUT2D eigenvalue weighted by atomic mass is 10.0. The summed E-state index contributed by atoms with van der Waals surface area (Å²) in [6, 6.07) is 11.1. The zero-order valence-electron chi connectivity index (χ0n) is 13.4. The molecule has 0 radical (unpaired) electrons. The maximum absolute atomic E-state index is 12.8. The maximum Gasteiger partial charge on any atom is 0.290 e. The van der Waals surface area contributed by atoms with Gasteiger partial charge in [0.05, 0.1) is 12.5 Å². The molecule has 2 heterocycles. The summed E-state index contributed by atoms with van der Waals surface area (Å²) in [4.78, 5) is 14.5. The first-order valence-corrected chi connectivity index (χ1v) is 9.72. The van der Waals surface area contributed by atoms with Crippen LogP contribution < -0.4 is 4.72 Å². The number of hydrogen-bond acceptors (Lipinski definition) is 4. The molecule has 1 fully saturated rings. The number of carbonyl (C=O) groups is 1. The molecule has 0 spiro atoms. The first kappa shape index (κ1) is 16.7. The van der Waals surface area contributed by atoms with E-state index >= 15 is 0 Å². The number of furan rings is 1. The molecule has 24 heavy (non-hydrogen) atoms. The van der Waals surface area contributed by atoms with E-state index in [0.29, 0.717) is 18.8 Å². The molecule has 3 rings (SSSR count). The van der Waals surface area contributed by atoms with Crippen molar-refractivity contribution in [1.82, 2.24) is 9.62 Å². The fraction of sp³-hybridized carbons (Fsp3) is 0.353. The third-order valence-electron chi connectivity index (χ3n) is 4.03. The Kier molecular flexibility index (Phi) is 4.73. The lowest BCUT2D eigenvalue weighted by molar-refractivity contribution is 0.0672. The van der Waals surface area contributed by atoms with Crippen LogP contribution in [-0.4, -0.2) is 44.6 Å². The number of piperidine rings is 1. The Morgan fingerprint density at radius 3 is 2.71 bits per heavy atom. The van der Waals surface area contributed by atoms with E-state index in [-0.39, 0.29) is 11.9 Å². The highest BCUT2D eigenvalue weighted by atomic mass is 32.2. The van der Waals surface area contributed by atoms with Crippen LogP contribution in [-0.2, 0) is 10.0 Å². The zero-order valence-corrected chi connectivity index (χ0v) is 14.3. The molecular weight excluding hydrogens is 328 g/mol. The van der Waals surface area contributed by atoms with Crippen LogP contribution in [0.2, 0.25) is 0 Å². The minimum absolute atomic E-state index is 0.209. The van der Waals surface area contributed by atoms with Gasteiger partial charge in [0.15, 0.2) is 5.76 Å². The minimum Gasteiger partial charge on any atom is -0.459 e. The predicted octanol–water partition coefficient (Wildman–Crippen LogP) is 2.10. The molecule has 0 unspecified atom stereocenters. The van der Waals surface area contributed by atoms with Gasteiger partial charge in [0.2, 0.25) is 10.0 Å². The molecule has 1 N–H and O–H groups in total. The Labute approximate surface area is 141 Å². The molecule has 1 atom stereocenters. The first-order chi connectivity index (χ1) is 11.4. The van der Waals surface area contributed by atoms with Crippen molar-refractivity contribution in [3.8, 4) is 11.1 Å². The molecule has 6 nitrogen and oxygen atoms in total. The van der Waals surface area contributed by atoms with Gasteiger partial charge in [0.25, 0.3) is 5.91 Å². The Morgan fingerprint density at radius 2 is 2.00 bits per heavy atom. The SMILES string of the molecule is CS(=O)(=O)N[C@H]1CCCN(C(=O)c2occc2-c2ccccc2)C1. The van der Waals surface area contributed by atoms with Crippen molar-refractivity contribution >= 4 is 15.9 Å². The number of nitrogens with one attached hydrogen (secondary N) is 1. The molecular formula is C17H20N2O4S.